The number of carbonyl (C=O) groups is 3. The van der Waals surface area contributed by atoms with Gasteiger partial charge < -0.3 is 14.7 Å². The second-order valence-corrected chi connectivity index (χ2v) is 7.05. The van der Waals surface area contributed by atoms with Gasteiger partial charge in [-0.3, -0.25) is 9.69 Å². The van der Waals surface area contributed by atoms with Crippen LogP contribution in [0, 0.1) is 5.92 Å². The average molecular weight is 328 g/mol. The minimum Gasteiger partial charge on any atom is -0.480 e. The molecule has 1 rings (SSSR count). The van der Waals surface area contributed by atoms with Crippen molar-refractivity contribution in [3.05, 3.63) is 0 Å². The molecule has 0 aromatic rings. The molecule has 1 heterocycles. The highest BCUT2D eigenvalue weighted by molar-refractivity contribution is 5.90. The smallest absolute Gasteiger partial charge is 0.411 e. The Morgan fingerprint density at radius 3 is 2.35 bits per heavy atom. The molecular weight excluding hydrogens is 300 g/mol. The number of piperazine rings is 1. The molecule has 1 saturated heterocycles. The van der Waals surface area contributed by atoms with Gasteiger partial charge >= 0.3 is 12.1 Å². The van der Waals surface area contributed by atoms with Crippen LogP contribution in [0.25, 0.3) is 0 Å². The third-order valence-corrected chi connectivity index (χ3v) is 4.09. The van der Waals surface area contributed by atoms with Crippen molar-refractivity contribution in [2.75, 3.05) is 13.1 Å². The SMILES string of the molecule is CC[C@H](C)[C@@H](C(=O)O)N1CCN(C(=O)OC(C)(C)C)[C@@H](C)C1=O. The Labute approximate surface area is 137 Å². The maximum absolute atomic E-state index is 12.6. The van der Waals surface area contributed by atoms with Gasteiger partial charge in [-0.25, -0.2) is 9.59 Å². The monoisotopic (exact) mass is 328 g/mol. The molecule has 0 aromatic carbocycles. The highest BCUT2D eigenvalue weighted by atomic mass is 16.6. The molecule has 23 heavy (non-hydrogen) atoms. The van der Waals surface area contributed by atoms with E-state index in [4.69, 9.17) is 4.74 Å². The van der Waals surface area contributed by atoms with E-state index in [-0.39, 0.29) is 24.9 Å². The third kappa shape index (κ3) is 4.59. The van der Waals surface area contributed by atoms with Crippen LogP contribution in [-0.2, 0) is 14.3 Å². The first-order chi connectivity index (χ1) is 10.5. The van der Waals surface area contributed by atoms with Crippen LogP contribution in [0.5, 0.6) is 0 Å². The Kier molecular flexibility index (Phi) is 6.02. The second-order valence-electron chi connectivity index (χ2n) is 7.05. The molecule has 3 atom stereocenters. The first-order valence-electron chi connectivity index (χ1n) is 8.02. The highest BCUT2D eigenvalue weighted by Crippen LogP contribution is 2.22. The molecule has 1 aliphatic rings. The van der Waals surface area contributed by atoms with Crippen molar-refractivity contribution in [1.82, 2.24) is 9.80 Å². The van der Waals surface area contributed by atoms with E-state index in [1.54, 1.807) is 27.7 Å². The van der Waals surface area contributed by atoms with Gasteiger partial charge in [-0.2, -0.15) is 0 Å². The molecule has 0 unspecified atom stereocenters. The summed E-state index contributed by atoms with van der Waals surface area (Å²) in [5.74, 6) is -1.52. The van der Waals surface area contributed by atoms with Gasteiger partial charge in [0.2, 0.25) is 5.91 Å². The van der Waals surface area contributed by atoms with Gasteiger partial charge in [0.1, 0.15) is 17.7 Å². The number of ether oxygens (including phenoxy) is 1. The van der Waals surface area contributed by atoms with E-state index in [0.717, 1.165) is 0 Å². The number of carboxylic acid groups (broad SMARTS) is 1. The largest absolute Gasteiger partial charge is 0.480 e. The lowest BCUT2D eigenvalue weighted by atomic mass is 9.96. The minimum absolute atomic E-state index is 0.156. The summed E-state index contributed by atoms with van der Waals surface area (Å²) >= 11 is 0. The molecule has 7 heteroatoms. The quantitative estimate of drug-likeness (QED) is 0.852. The molecule has 0 aliphatic carbocycles. The standard InChI is InChI=1S/C16H28N2O5/c1-7-10(2)12(14(20)21)18-9-8-17(11(3)13(18)19)15(22)23-16(4,5)6/h10-12H,7-9H2,1-6H3,(H,20,21)/t10-,11-,12-/m0/s1. The van der Waals surface area contributed by atoms with E-state index < -0.39 is 29.7 Å². The fraction of sp³-hybridized carbons (Fsp3) is 0.812. The first kappa shape index (κ1) is 19.3. The van der Waals surface area contributed by atoms with Crippen LogP contribution in [0.3, 0.4) is 0 Å². The fourth-order valence-electron chi connectivity index (χ4n) is 2.65. The van der Waals surface area contributed by atoms with E-state index in [2.05, 4.69) is 0 Å². The average Bonchev–Trinajstić information content (AvgIpc) is 2.41. The summed E-state index contributed by atoms with van der Waals surface area (Å²) in [6.07, 6.45) is 0.110. The zero-order valence-electron chi connectivity index (χ0n) is 14.8. The molecule has 2 amide bonds. The number of carboxylic acids is 1. The zero-order valence-corrected chi connectivity index (χ0v) is 14.8. The van der Waals surface area contributed by atoms with Crippen molar-refractivity contribution < 1.29 is 24.2 Å². The Balaban J connectivity index is 2.90. The summed E-state index contributed by atoms with van der Waals surface area (Å²) < 4.78 is 5.31. The molecule has 0 bridgehead atoms. The number of nitrogens with zero attached hydrogens (tertiary/aromatic N) is 2. The summed E-state index contributed by atoms with van der Waals surface area (Å²) in [5, 5.41) is 9.46. The molecular formula is C16H28N2O5. The fourth-order valence-corrected chi connectivity index (χ4v) is 2.65. The van der Waals surface area contributed by atoms with Gasteiger partial charge in [0.25, 0.3) is 0 Å². The minimum atomic E-state index is -1.01. The number of rotatable bonds is 4. The van der Waals surface area contributed by atoms with Gasteiger partial charge in [-0.05, 0) is 33.6 Å². The topological polar surface area (TPSA) is 87.2 Å². The second kappa shape index (κ2) is 7.19. The van der Waals surface area contributed by atoms with Gasteiger partial charge in [-0.15, -0.1) is 0 Å². The molecule has 7 nitrogen and oxygen atoms in total. The van der Waals surface area contributed by atoms with Crippen LogP contribution >= 0.6 is 0 Å². The van der Waals surface area contributed by atoms with Crippen molar-refractivity contribution in [1.29, 1.82) is 0 Å². The Bertz CT molecular complexity index is 472. The summed E-state index contributed by atoms with van der Waals surface area (Å²) in [5.41, 5.74) is -0.642. The zero-order chi connectivity index (χ0) is 17.9. The molecule has 1 aliphatic heterocycles. The van der Waals surface area contributed by atoms with Crippen LogP contribution in [0.2, 0.25) is 0 Å². The Hall–Kier alpha value is -1.79. The van der Waals surface area contributed by atoms with Crippen LogP contribution in [0.15, 0.2) is 0 Å². The summed E-state index contributed by atoms with van der Waals surface area (Å²) in [4.78, 5) is 39.1. The maximum atomic E-state index is 12.6. The van der Waals surface area contributed by atoms with Crippen LogP contribution in [0.1, 0.15) is 48.0 Å². The highest BCUT2D eigenvalue weighted by Gasteiger charge is 2.42. The maximum Gasteiger partial charge on any atom is 0.411 e. The molecule has 0 aromatic heterocycles. The third-order valence-electron chi connectivity index (χ3n) is 4.09. The van der Waals surface area contributed by atoms with E-state index >= 15 is 0 Å². The van der Waals surface area contributed by atoms with Crippen molar-refractivity contribution >= 4 is 18.0 Å². The van der Waals surface area contributed by atoms with E-state index in [0.29, 0.717) is 6.42 Å². The van der Waals surface area contributed by atoms with Crippen LogP contribution in [-0.4, -0.2) is 63.7 Å². The first-order valence-corrected chi connectivity index (χ1v) is 8.02. The number of aliphatic carboxylic acids is 1. The van der Waals surface area contributed by atoms with Crippen LogP contribution in [0.4, 0.5) is 4.79 Å². The molecule has 1 N–H and O–H groups in total. The van der Waals surface area contributed by atoms with Crippen molar-refractivity contribution in [2.45, 2.75) is 65.6 Å². The molecule has 132 valence electrons. The number of hydrogen-bond acceptors (Lipinski definition) is 4. The lowest BCUT2D eigenvalue weighted by Crippen LogP contribution is -2.62. The number of carbonyl (C=O) groups excluding carboxylic acids is 2. The van der Waals surface area contributed by atoms with Gasteiger partial charge in [0.15, 0.2) is 0 Å². The van der Waals surface area contributed by atoms with Crippen molar-refractivity contribution in [3.63, 3.8) is 0 Å². The summed E-state index contributed by atoms with van der Waals surface area (Å²) in [7, 11) is 0. The van der Waals surface area contributed by atoms with Crippen LogP contribution < -0.4 is 0 Å². The number of amides is 2. The van der Waals surface area contributed by atoms with E-state index in [9.17, 15) is 19.5 Å². The van der Waals surface area contributed by atoms with Gasteiger partial charge in [-0.1, -0.05) is 20.3 Å². The van der Waals surface area contributed by atoms with Gasteiger partial charge in [0.05, 0.1) is 0 Å². The lowest BCUT2D eigenvalue weighted by molar-refractivity contribution is -0.157. The normalized spacial score (nSPS) is 21.8. The predicted octanol–water partition coefficient (Wildman–Crippen LogP) is 1.95. The molecule has 0 spiro atoms. The summed E-state index contributed by atoms with van der Waals surface area (Å²) in [6.45, 7) is 11.1. The van der Waals surface area contributed by atoms with Gasteiger partial charge in [0, 0.05) is 13.1 Å². The van der Waals surface area contributed by atoms with Crippen molar-refractivity contribution in [3.8, 4) is 0 Å². The van der Waals surface area contributed by atoms with E-state index in [1.165, 1.54) is 9.80 Å². The van der Waals surface area contributed by atoms with E-state index in [1.807, 2.05) is 13.8 Å². The predicted molar refractivity (Wildman–Crippen MR) is 85.0 cm³/mol. The van der Waals surface area contributed by atoms with Crippen molar-refractivity contribution in [2.24, 2.45) is 5.92 Å². The Morgan fingerprint density at radius 2 is 1.91 bits per heavy atom. The molecule has 1 fully saturated rings. The lowest BCUT2D eigenvalue weighted by Gasteiger charge is -2.42. The molecule has 0 saturated carbocycles. The summed E-state index contributed by atoms with van der Waals surface area (Å²) in [6, 6.07) is -1.60. The molecule has 0 radical (unpaired) electrons. The Morgan fingerprint density at radius 1 is 1.35 bits per heavy atom. The number of hydrogen-bond donors (Lipinski definition) is 1.